The highest BCUT2D eigenvalue weighted by atomic mass is 16.2. The van der Waals surface area contributed by atoms with Crippen molar-refractivity contribution in [2.24, 2.45) is 11.7 Å². The van der Waals surface area contributed by atoms with Gasteiger partial charge in [-0.05, 0) is 48.2 Å². The number of carbonyl (C=O) groups is 3. The number of nitrogens with two attached hydrogens (primary N) is 1. The number of primary amides is 1. The fourth-order valence-corrected chi connectivity index (χ4v) is 5.77. The normalized spacial score (nSPS) is 20.7. The van der Waals surface area contributed by atoms with E-state index in [0.717, 1.165) is 24.0 Å². The zero-order chi connectivity index (χ0) is 27.1. The molecule has 3 aromatic carbocycles. The summed E-state index contributed by atoms with van der Waals surface area (Å²) in [5.74, 6) is -0.541. The molecular weight excluding hydrogens is 490 g/mol. The van der Waals surface area contributed by atoms with Crippen molar-refractivity contribution in [1.29, 1.82) is 5.41 Å². The lowest BCUT2D eigenvalue weighted by Crippen LogP contribution is -2.51. The molecule has 198 valence electrons. The molecular formula is C31H31N5O3. The van der Waals surface area contributed by atoms with Crippen LogP contribution in [0.25, 0.3) is 0 Å². The van der Waals surface area contributed by atoms with Crippen LogP contribution in [0.3, 0.4) is 0 Å². The highest BCUT2D eigenvalue weighted by molar-refractivity contribution is 6.16. The predicted octanol–water partition coefficient (Wildman–Crippen LogP) is 3.80. The molecule has 1 saturated carbocycles. The number of fused-ring (bicyclic) bond motifs is 1. The van der Waals surface area contributed by atoms with E-state index in [0.29, 0.717) is 54.3 Å². The summed E-state index contributed by atoms with van der Waals surface area (Å²) < 4.78 is 0. The van der Waals surface area contributed by atoms with Crippen LogP contribution in [0.4, 0.5) is 5.69 Å². The Morgan fingerprint density at radius 2 is 1.46 bits per heavy atom. The smallest absolute Gasteiger partial charge is 0.253 e. The topological polar surface area (TPSA) is 120 Å². The van der Waals surface area contributed by atoms with Gasteiger partial charge in [-0.1, -0.05) is 48.5 Å². The zero-order valence-corrected chi connectivity index (χ0v) is 21.6. The molecule has 3 aliphatic rings. The average Bonchev–Trinajstić information content (AvgIpc) is 3.82. The minimum absolute atomic E-state index is 0.0412. The SMILES string of the molecule is N=C1c2c(cccc2C(N)=O)NC(c2ccc(C(=O)N3CCN(C(=O)C4CC4)CC3)cc2)C1c1ccccc1. The highest BCUT2D eigenvalue weighted by Crippen LogP contribution is 2.43. The number of carbonyl (C=O) groups excluding carboxylic acids is 3. The Morgan fingerprint density at radius 3 is 2.10 bits per heavy atom. The fourth-order valence-electron chi connectivity index (χ4n) is 5.77. The maximum atomic E-state index is 13.2. The van der Waals surface area contributed by atoms with E-state index in [1.54, 1.807) is 12.1 Å². The molecule has 0 bridgehead atoms. The van der Waals surface area contributed by atoms with Crippen molar-refractivity contribution in [3.8, 4) is 0 Å². The summed E-state index contributed by atoms with van der Waals surface area (Å²) in [6, 6.07) is 22.3. The van der Waals surface area contributed by atoms with E-state index < -0.39 is 5.91 Å². The van der Waals surface area contributed by atoms with Crippen LogP contribution in [0.15, 0.2) is 72.8 Å². The standard InChI is InChI=1S/C31H31N5O3/c32-27-25(19-5-2-1-3-6-19)28(34-24-8-4-7-23(26(24)27)29(33)37)20-9-11-21(12-10-20)30(38)35-15-17-36(18-16-35)31(39)22-13-14-22/h1-12,22,25,28,32,34H,13-18H2,(H2,33,37). The fraction of sp³-hybridized carbons (Fsp3) is 0.290. The predicted molar refractivity (Wildman–Crippen MR) is 149 cm³/mol. The molecule has 3 aromatic rings. The molecule has 39 heavy (non-hydrogen) atoms. The number of nitrogens with zero attached hydrogens (tertiary/aromatic N) is 2. The van der Waals surface area contributed by atoms with E-state index in [9.17, 15) is 14.4 Å². The second kappa shape index (κ2) is 10.0. The van der Waals surface area contributed by atoms with E-state index in [2.05, 4.69) is 5.32 Å². The lowest BCUT2D eigenvalue weighted by atomic mass is 9.76. The molecule has 2 heterocycles. The van der Waals surface area contributed by atoms with Gasteiger partial charge in [-0.3, -0.25) is 14.4 Å². The summed E-state index contributed by atoms with van der Waals surface area (Å²) >= 11 is 0. The Hall–Kier alpha value is -4.46. The van der Waals surface area contributed by atoms with Crippen molar-refractivity contribution in [3.05, 3.63) is 101 Å². The van der Waals surface area contributed by atoms with Crippen LogP contribution >= 0.6 is 0 Å². The van der Waals surface area contributed by atoms with Crippen LogP contribution in [0.2, 0.25) is 0 Å². The molecule has 2 unspecified atom stereocenters. The first-order valence-electron chi connectivity index (χ1n) is 13.4. The van der Waals surface area contributed by atoms with Crippen molar-refractivity contribution in [3.63, 3.8) is 0 Å². The van der Waals surface area contributed by atoms with Crippen LogP contribution < -0.4 is 11.1 Å². The van der Waals surface area contributed by atoms with E-state index in [4.69, 9.17) is 11.1 Å². The zero-order valence-electron chi connectivity index (χ0n) is 21.6. The van der Waals surface area contributed by atoms with Crippen LogP contribution in [0.1, 0.15) is 62.2 Å². The summed E-state index contributed by atoms with van der Waals surface area (Å²) in [6.07, 6.45) is 1.98. The molecule has 0 aromatic heterocycles. The molecule has 2 aliphatic heterocycles. The lowest BCUT2D eigenvalue weighted by Gasteiger charge is -2.37. The number of anilines is 1. The molecule has 1 aliphatic carbocycles. The number of hydrogen-bond donors (Lipinski definition) is 3. The van der Waals surface area contributed by atoms with E-state index in [1.165, 1.54) is 0 Å². The van der Waals surface area contributed by atoms with Crippen molar-refractivity contribution in [2.45, 2.75) is 24.8 Å². The lowest BCUT2D eigenvalue weighted by molar-refractivity contribution is -0.134. The van der Waals surface area contributed by atoms with Crippen LogP contribution in [0.5, 0.6) is 0 Å². The maximum Gasteiger partial charge on any atom is 0.253 e. The summed E-state index contributed by atoms with van der Waals surface area (Å²) in [7, 11) is 0. The Labute approximate surface area is 227 Å². The van der Waals surface area contributed by atoms with Crippen molar-refractivity contribution >= 4 is 29.1 Å². The highest BCUT2D eigenvalue weighted by Gasteiger charge is 2.37. The van der Waals surface area contributed by atoms with E-state index >= 15 is 0 Å². The summed E-state index contributed by atoms with van der Waals surface area (Å²) in [5, 5.41) is 12.7. The van der Waals surface area contributed by atoms with Gasteiger partial charge in [-0.25, -0.2) is 0 Å². The van der Waals surface area contributed by atoms with Gasteiger partial charge in [0.15, 0.2) is 0 Å². The van der Waals surface area contributed by atoms with Crippen LogP contribution in [0, 0.1) is 11.3 Å². The maximum absolute atomic E-state index is 13.2. The molecule has 4 N–H and O–H groups in total. The van der Waals surface area contributed by atoms with Gasteiger partial charge in [0.2, 0.25) is 11.8 Å². The average molecular weight is 522 g/mol. The van der Waals surface area contributed by atoms with Gasteiger partial charge >= 0.3 is 0 Å². The molecule has 0 spiro atoms. The first-order chi connectivity index (χ1) is 18.9. The third kappa shape index (κ3) is 4.67. The largest absolute Gasteiger partial charge is 0.377 e. The van der Waals surface area contributed by atoms with Gasteiger partial charge in [0.05, 0.1) is 23.2 Å². The van der Waals surface area contributed by atoms with Crippen LogP contribution in [-0.4, -0.2) is 59.4 Å². The van der Waals surface area contributed by atoms with Gasteiger partial charge < -0.3 is 26.3 Å². The summed E-state index contributed by atoms with van der Waals surface area (Å²) in [6.45, 7) is 2.24. The second-order valence-corrected chi connectivity index (χ2v) is 10.5. The number of hydrogen-bond acceptors (Lipinski definition) is 5. The molecule has 6 rings (SSSR count). The van der Waals surface area contributed by atoms with E-state index in [-0.39, 0.29) is 29.7 Å². The number of amides is 3. The van der Waals surface area contributed by atoms with Gasteiger partial charge in [0.1, 0.15) is 0 Å². The van der Waals surface area contributed by atoms with Gasteiger partial charge in [-0.2, -0.15) is 0 Å². The number of benzene rings is 3. The molecule has 2 atom stereocenters. The Bertz CT molecular complexity index is 1440. The van der Waals surface area contributed by atoms with Crippen molar-refractivity contribution < 1.29 is 14.4 Å². The molecule has 0 radical (unpaired) electrons. The van der Waals surface area contributed by atoms with E-state index in [1.807, 2.05) is 70.5 Å². The van der Waals surface area contributed by atoms with Crippen molar-refractivity contribution in [1.82, 2.24) is 9.80 Å². The Morgan fingerprint density at radius 1 is 0.795 bits per heavy atom. The third-order valence-electron chi connectivity index (χ3n) is 8.04. The Kier molecular flexibility index (Phi) is 6.38. The third-order valence-corrected chi connectivity index (χ3v) is 8.04. The van der Waals surface area contributed by atoms with Crippen LogP contribution in [-0.2, 0) is 4.79 Å². The molecule has 8 nitrogen and oxygen atoms in total. The summed E-state index contributed by atoms with van der Waals surface area (Å²) in [4.78, 5) is 41.5. The number of nitrogens with one attached hydrogen (secondary N) is 2. The molecule has 8 heteroatoms. The van der Waals surface area contributed by atoms with Gasteiger partial charge in [0.25, 0.3) is 5.91 Å². The second-order valence-electron chi connectivity index (χ2n) is 10.5. The quantitative estimate of drug-likeness (QED) is 0.473. The minimum Gasteiger partial charge on any atom is -0.377 e. The van der Waals surface area contributed by atoms with Crippen molar-refractivity contribution in [2.75, 3.05) is 31.5 Å². The Balaban J connectivity index is 1.25. The number of rotatable bonds is 5. The molecule has 3 amide bonds. The molecule has 2 fully saturated rings. The summed E-state index contributed by atoms with van der Waals surface area (Å²) in [5.41, 5.74) is 10.00. The first-order valence-corrected chi connectivity index (χ1v) is 13.4. The van der Waals surface area contributed by atoms with Gasteiger partial charge in [0, 0.05) is 48.9 Å². The number of piperazine rings is 1. The minimum atomic E-state index is -0.565. The monoisotopic (exact) mass is 521 g/mol. The van der Waals surface area contributed by atoms with Gasteiger partial charge in [-0.15, -0.1) is 0 Å². The first kappa shape index (κ1) is 24.9. The molecule has 1 saturated heterocycles.